The van der Waals surface area contributed by atoms with Gasteiger partial charge in [-0.15, -0.1) is 45.3 Å². The fourth-order valence-electron chi connectivity index (χ4n) is 4.96. The Kier molecular flexibility index (Phi) is 8.95. The molecule has 0 fully saturated rings. The van der Waals surface area contributed by atoms with E-state index in [1.165, 1.54) is 49.5 Å². The Morgan fingerprint density at radius 1 is 0.914 bits per heavy atom. The summed E-state index contributed by atoms with van der Waals surface area (Å²) in [6.45, 7) is 0. The topological polar surface area (TPSA) is 3.24 Å². The molecule has 0 amide bonds. The van der Waals surface area contributed by atoms with E-state index in [4.69, 9.17) is 17.0 Å². The molecule has 1 aliphatic carbocycles. The van der Waals surface area contributed by atoms with E-state index in [1.54, 1.807) is 0 Å². The van der Waals surface area contributed by atoms with Gasteiger partial charge < -0.3 is 18.4 Å². The molecule has 0 spiro atoms. The number of fused-ring (bicyclic) bond motifs is 8. The minimum absolute atomic E-state index is 0. The van der Waals surface area contributed by atoms with Crippen LogP contribution in [0.3, 0.4) is 0 Å². The molecule has 0 saturated heterocycles. The second-order valence-corrected chi connectivity index (χ2v) is 12.9. The van der Waals surface area contributed by atoms with E-state index in [2.05, 4.69) is 125 Å². The zero-order chi connectivity index (χ0) is 23.7. The van der Waals surface area contributed by atoms with Gasteiger partial charge in [0, 0.05) is 11.5 Å². The molecule has 2 aliphatic rings. The van der Waals surface area contributed by atoms with Crippen molar-refractivity contribution >= 4 is 85.3 Å². The van der Waals surface area contributed by atoms with Crippen molar-refractivity contribution in [2.45, 2.75) is 6.04 Å². The second-order valence-electron chi connectivity index (χ2n) is 8.21. The van der Waals surface area contributed by atoms with Crippen molar-refractivity contribution in [3.63, 3.8) is 0 Å². The molecule has 0 saturated carbocycles. The molecule has 0 bridgehead atoms. The monoisotopic (exact) mass is 654 g/mol. The van der Waals surface area contributed by atoms with Crippen molar-refractivity contribution in [2.24, 2.45) is 0 Å². The van der Waals surface area contributed by atoms with Crippen molar-refractivity contribution < 1.29 is 20.8 Å². The number of thiol groups is 1. The summed E-state index contributed by atoms with van der Waals surface area (Å²) in [5.41, 5.74) is 6.64. The van der Waals surface area contributed by atoms with Gasteiger partial charge in [0.1, 0.15) is 0 Å². The first-order chi connectivity index (χ1) is 16.6. The molecular weight excluding hydrogens is 636 g/mol. The summed E-state index contributed by atoms with van der Waals surface area (Å²) in [7, 11) is 12.0. The largest absolute Gasteiger partial charge is 0.813 e. The Hall–Kier alpha value is -1.42. The van der Waals surface area contributed by atoms with Crippen molar-refractivity contribution in [2.75, 3.05) is 11.9 Å². The molecule has 5 aromatic rings. The number of para-hydroxylation sites is 1. The van der Waals surface area contributed by atoms with Crippen LogP contribution in [0.25, 0.3) is 33.2 Å². The molecule has 0 N–H and O–H groups in total. The Balaban J connectivity index is 0.000000150. The summed E-state index contributed by atoms with van der Waals surface area (Å²) in [5.74, 6) is 0. The van der Waals surface area contributed by atoms with E-state index in [1.807, 2.05) is 6.07 Å². The normalized spacial score (nSPS) is 14.5. The molecule has 1 unspecified atom stereocenters. The summed E-state index contributed by atoms with van der Waals surface area (Å²) < 4.78 is 1.14. The number of benzene rings is 4. The maximum Gasteiger partial charge on any atom is -0.0771 e. The van der Waals surface area contributed by atoms with Gasteiger partial charge in [-0.2, -0.15) is 24.3 Å². The number of rotatable bonds is 0. The number of nitrogens with zero attached hydrogens (tertiary/aromatic N) is 1. The smallest absolute Gasteiger partial charge is 0.0771 e. The second kappa shape index (κ2) is 11.8. The van der Waals surface area contributed by atoms with Gasteiger partial charge in [-0.1, -0.05) is 75.7 Å². The standard InChI is InChI=1S/C16H11BrN.C13H9.2ClH.H2S.Zr/c1-18-15-5-3-2-4-13(15)14-9-10-8-11(17)6-7-12(10)16(14)18;1-3-7-12-10(5-1)9-11-6-2-4-8-13(11)12;;;;/h2-4,6-9,16H,1H3;1-9H;2*1H;1H2;/q2*-1;;;;+2/p-3. The van der Waals surface area contributed by atoms with E-state index in [0.717, 1.165) is 4.47 Å². The third-order valence-electron chi connectivity index (χ3n) is 6.36. The van der Waals surface area contributed by atoms with E-state index in [0.29, 0.717) is 6.04 Å². The van der Waals surface area contributed by atoms with Gasteiger partial charge in [0.15, 0.2) is 0 Å². The van der Waals surface area contributed by atoms with Crippen LogP contribution in [0.5, 0.6) is 0 Å². The molecule has 1 heterocycles. The third kappa shape index (κ3) is 5.20. The van der Waals surface area contributed by atoms with Crippen LogP contribution < -0.4 is 4.90 Å². The van der Waals surface area contributed by atoms with Crippen LogP contribution in [0, 0.1) is 6.07 Å². The van der Waals surface area contributed by atoms with E-state index in [9.17, 15) is 0 Å². The summed E-state index contributed by atoms with van der Waals surface area (Å²) in [6.07, 6.45) is 2.31. The predicted octanol–water partition coefficient (Wildman–Crippen LogP) is 9.11. The molecule has 1 atom stereocenters. The Labute approximate surface area is 240 Å². The van der Waals surface area contributed by atoms with Gasteiger partial charge in [0.25, 0.3) is 0 Å². The quantitative estimate of drug-likeness (QED) is 0.0929. The van der Waals surface area contributed by atoms with Crippen LogP contribution in [0.1, 0.15) is 22.7 Å². The maximum atomic E-state index is 4.93. The molecule has 0 aromatic heterocycles. The molecule has 0 radical (unpaired) electrons. The molecular formula is C29H21BrCl2NSZr-3. The van der Waals surface area contributed by atoms with E-state index in [-0.39, 0.29) is 13.5 Å². The van der Waals surface area contributed by atoms with Gasteiger partial charge in [-0.3, -0.25) is 0 Å². The first-order valence-corrected chi connectivity index (χ1v) is 18.0. The van der Waals surface area contributed by atoms with Crippen LogP contribution in [0.4, 0.5) is 5.69 Å². The van der Waals surface area contributed by atoms with Crippen LogP contribution in [0.2, 0.25) is 0 Å². The average molecular weight is 658 g/mol. The van der Waals surface area contributed by atoms with Gasteiger partial charge >= 0.3 is 37.9 Å². The summed E-state index contributed by atoms with van der Waals surface area (Å²) in [6, 6.07) is 35.8. The van der Waals surface area contributed by atoms with Crippen LogP contribution in [-0.2, 0) is 34.3 Å². The number of halogens is 3. The Morgan fingerprint density at radius 3 is 2.20 bits per heavy atom. The van der Waals surface area contributed by atoms with Crippen molar-refractivity contribution in [3.05, 3.63) is 118 Å². The van der Waals surface area contributed by atoms with Crippen molar-refractivity contribution in [3.8, 4) is 0 Å². The molecule has 6 heteroatoms. The number of likely N-dealkylation sites (N-methyl/N-ethyl adjacent to an activating group) is 1. The molecule has 7 rings (SSSR count). The van der Waals surface area contributed by atoms with Gasteiger partial charge in [0.05, 0.1) is 6.04 Å². The van der Waals surface area contributed by atoms with Gasteiger partial charge in [0.2, 0.25) is 0 Å². The first kappa shape index (κ1) is 26.6. The van der Waals surface area contributed by atoms with Crippen LogP contribution >= 0.6 is 33.0 Å². The predicted molar refractivity (Wildman–Crippen MR) is 156 cm³/mol. The minimum atomic E-state index is -0.826. The first-order valence-electron chi connectivity index (χ1n) is 10.9. The molecule has 35 heavy (non-hydrogen) atoms. The van der Waals surface area contributed by atoms with Gasteiger partial charge in [-0.25, -0.2) is 0 Å². The van der Waals surface area contributed by atoms with Crippen LogP contribution in [0.15, 0.2) is 95.5 Å². The fourth-order valence-corrected chi connectivity index (χ4v) is 5.34. The van der Waals surface area contributed by atoms with Crippen molar-refractivity contribution in [1.29, 1.82) is 0 Å². The van der Waals surface area contributed by atoms with E-state index < -0.39 is 20.8 Å². The van der Waals surface area contributed by atoms with E-state index >= 15 is 0 Å². The molecule has 1 aliphatic heterocycles. The average Bonchev–Trinajstić information content (AvgIpc) is 3.50. The van der Waals surface area contributed by atoms with Crippen LogP contribution in [-0.4, -0.2) is 7.05 Å². The van der Waals surface area contributed by atoms with Crippen molar-refractivity contribution in [1.82, 2.24) is 0 Å². The summed E-state index contributed by atoms with van der Waals surface area (Å²) >= 11 is 2.72. The molecule has 5 aromatic carbocycles. The fraction of sp³-hybridized carbons (Fsp3) is 0.0690. The SMILES string of the molecule is CN1c2[c-]cccc2C2=Cc3cc(Br)ccc3C21.[Cl][Zr][Cl].[SH-].c1ccc2c(c1)[cH-]c1ccccc12. The van der Waals surface area contributed by atoms with Gasteiger partial charge in [-0.05, 0) is 23.3 Å². The Morgan fingerprint density at radius 2 is 1.54 bits per heavy atom. The molecule has 1 nitrogen and oxygen atoms in total. The molecule has 176 valence electrons. The number of hydrogen-bond acceptors (Lipinski definition) is 2. The third-order valence-corrected chi connectivity index (χ3v) is 6.85. The number of anilines is 1. The maximum absolute atomic E-state index is 4.93. The summed E-state index contributed by atoms with van der Waals surface area (Å²) in [5, 5.41) is 5.39. The zero-order valence-electron chi connectivity index (χ0n) is 18.8. The summed E-state index contributed by atoms with van der Waals surface area (Å²) in [4.78, 5) is 2.32. The zero-order valence-corrected chi connectivity index (χ0v) is 25.3. The number of hydrogen-bond donors (Lipinski definition) is 0. The Bertz CT molecular complexity index is 1460. The minimum Gasteiger partial charge on any atom is -0.813 e.